The fourth-order valence-electron chi connectivity index (χ4n) is 6.95. The Bertz CT molecular complexity index is 544. The van der Waals surface area contributed by atoms with Crippen LogP contribution in [0.25, 0.3) is 0 Å². The molecule has 0 aliphatic heterocycles. The van der Waals surface area contributed by atoms with Crippen LogP contribution in [0.1, 0.15) is 86.5 Å². The summed E-state index contributed by atoms with van der Waals surface area (Å²) in [5.41, 5.74) is -0.162. The maximum atomic E-state index is 13.1. The Labute approximate surface area is 159 Å². The summed E-state index contributed by atoms with van der Waals surface area (Å²) in [5.74, 6) is 3.25. The first-order chi connectivity index (χ1) is 12.0. The highest BCUT2D eigenvalue weighted by molar-refractivity contribution is 5.82. The van der Waals surface area contributed by atoms with E-state index in [9.17, 15) is 4.79 Å². The zero-order chi connectivity index (χ0) is 18.9. The normalized spacial score (nSPS) is 44.0. The molecule has 3 nitrogen and oxygen atoms in total. The van der Waals surface area contributed by atoms with Crippen molar-refractivity contribution < 1.29 is 14.3 Å². The minimum atomic E-state index is -0.418. The molecule has 0 aromatic carbocycles. The van der Waals surface area contributed by atoms with Crippen molar-refractivity contribution in [3.63, 3.8) is 0 Å². The van der Waals surface area contributed by atoms with Gasteiger partial charge in [0.05, 0.1) is 11.5 Å². The molecule has 5 aliphatic carbocycles. The molecule has 26 heavy (non-hydrogen) atoms. The van der Waals surface area contributed by atoms with Crippen molar-refractivity contribution >= 4 is 5.97 Å². The highest BCUT2D eigenvalue weighted by Gasteiger charge is 2.68. The van der Waals surface area contributed by atoms with Crippen LogP contribution in [0.3, 0.4) is 0 Å². The molecule has 4 bridgehead atoms. The van der Waals surface area contributed by atoms with Crippen molar-refractivity contribution in [2.24, 2.45) is 39.9 Å². The molecule has 2 atom stereocenters. The quantitative estimate of drug-likeness (QED) is 0.474. The van der Waals surface area contributed by atoms with E-state index in [1.54, 1.807) is 0 Å². The van der Waals surface area contributed by atoms with E-state index in [0.29, 0.717) is 17.9 Å². The summed E-state index contributed by atoms with van der Waals surface area (Å²) in [6, 6.07) is 0. The molecule has 2 unspecified atom stereocenters. The highest BCUT2D eigenvalue weighted by atomic mass is 16.7. The van der Waals surface area contributed by atoms with E-state index in [-0.39, 0.29) is 22.2 Å². The van der Waals surface area contributed by atoms with Crippen LogP contribution < -0.4 is 0 Å². The minimum absolute atomic E-state index is 0.0336. The van der Waals surface area contributed by atoms with Gasteiger partial charge in [0.2, 0.25) is 0 Å². The SMILES string of the molecule is CC(OC(=O)C1(CC(C)(C)C)CC1(C)C)OC1C2CC3CC(C2)CC1C3. The molecule has 0 radical (unpaired) electrons. The average molecular weight is 363 g/mol. The first-order valence-electron chi connectivity index (χ1n) is 10.9. The molecular formula is C23H38O3. The second-order valence-corrected chi connectivity index (χ2v) is 11.9. The Balaban J connectivity index is 1.37. The topological polar surface area (TPSA) is 35.5 Å². The molecule has 0 spiro atoms. The van der Waals surface area contributed by atoms with Gasteiger partial charge in [-0.15, -0.1) is 0 Å². The summed E-state index contributed by atoms with van der Waals surface area (Å²) in [6.07, 6.45) is 8.50. The summed E-state index contributed by atoms with van der Waals surface area (Å²) in [4.78, 5) is 13.1. The van der Waals surface area contributed by atoms with E-state index >= 15 is 0 Å². The number of esters is 1. The fourth-order valence-corrected chi connectivity index (χ4v) is 6.95. The average Bonchev–Trinajstić information content (AvgIpc) is 3.02. The van der Waals surface area contributed by atoms with Crippen LogP contribution in [0.4, 0.5) is 0 Å². The number of rotatable bonds is 5. The minimum Gasteiger partial charge on any atom is -0.436 e. The third kappa shape index (κ3) is 3.23. The van der Waals surface area contributed by atoms with Gasteiger partial charge in [0, 0.05) is 0 Å². The summed E-state index contributed by atoms with van der Waals surface area (Å²) in [5, 5.41) is 0. The van der Waals surface area contributed by atoms with Gasteiger partial charge in [-0.05, 0) is 86.4 Å². The van der Waals surface area contributed by atoms with E-state index in [1.807, 2.05) is 6.92 Å². The second-order valence-electron chi connectivity index (χ2n) is 11.9. The van der Waals surface area contributed by atoms with Gasteiger partial charge in [-0.3, -0.25) is 4.79 Å². The van der Waals surface area contributed by atoms with Crippen molar-refractivity contribution in [3.8, 4) is 0 Å². The number of carbonyl (C=O) groups excluding carboxylic acids is 1. The van der Waals surface area contributed by atoms with Gasteiger partial charge < -0.3 is 9.47 Å². The van der Waals surface area contributed by atoms with E-state index in [1.165, 1.54) is 32.1 Å². The molecule has 5 fully saturated rings. The predicted octanol–water partition coefficient (Wildman–Crippen LogP) is 5.57. The van der Waals surface area contributed by atoms with Gasteiger partial charge >= 0.3 is 5.97 Å². The first-order valence-corrected chi connectivity index (χ1v) is 10.9. The van der Waals surface area contributed by atoms with Crippen LogP contribution >= 0.6 is 0 Å². The Kier molecular flexibility index (Phi) is 4.31. The standard InChI is InChI=1S/C23H38O3/c1-14(25-19-17-8-15-7-16(10-17)11-18(19)9-15)26-20(24)23(12-21(2,3)4)13-22(23,5)6/h14-19H,7-13H2,1-6H3. The molecule has 0 aromatic rings. The van der Waals surface area contributed by atoms with E-state index in [2.05, 4.69) is 34.6 Å². The molecule has 0 saturated heterocycles. The largest absolute Gasteiger partial charge is 0.436 e. The number of hydrogen-bond donors (Lipinski definition) is 0. The molecule has 5 rings (SSSR count). The van der Waals surface area contributed by atoms with Crippen molar-refractivity contribution in [1.29, 1.82) is 0 Å². The third-order valence-corrected chi connectivity index (χ3v) is 7.90. The lowest BCUT2D eigenvalue weighted by Gasteiger charge is -2.54. The van der Waals surface area contributed by atoms with Crippen molar-refractivity contribution in [1.82, 2.24) is 0 Å². The smallest absolute Gasteiger partial charge is 0.314 e. The van der Waals surface area contributed by atoms with Crippen LogP contribution in [-0.4, -0.2) is 18.4 Å². The molecule has 5 aliphatic rings. The van der Waals surface area contributed by atoms with Crippen LogP contribution in [0.5, 0.6) is 0 Å². The lowest BCUT2D eigenvalue weighted by molar-refractivity contribution is -0.223. The van der Waals surface area contributed by atoms with Gasteiger partial charge in [-0.25, -0.2) is 0 Å². The predicted molar refractivity (Wildman–Crippen MR) is 102 cm³/mol. The van der Waals surface area contributed by atoms with Crippen LogP contribution in [0.15, 0.2) is 0 Å². The Morgan fingerprint density at radius 2 is 1.54 bits per heavy atom. The van der Waals surface area contributed by atoms with E-state index in [4.69, 9.17) is 9.47 Å². The molecule has 0 N–H and O–H groups in total. The van der Waals surface area contributed by atoms with Gasteiger partial charge in [-0.1, -0.05) is 34.6 Å². The summed E-state index contributed by atoms with van der Waals surface area (Å²) in [6.45, 7) is 13.0. The molecule has 0 amide bonds. The Morgan fingerprint density at radius 1 is 1.04 bits per heavy atom. The number of carbonyl (C=O) groups is 1. The van der Waals surface area contributed by atoms with Gasteiger partial charge in [-0.2, -0.15) is 0 Å². The summed E-state index contributed by atoms with van der Waals surface area (Å²) < 4.78 is 12.3. The molecule has 5 saturated carbocycles. The van der Waals surface area contributed by atoms with Crippen molar-refractivity contribution in [2.75, 3.05) is 0 Å². The lowest BCUT2D eigenvalue weighted by Crippen LogP contribution is -2.50. The van der Waals surface area contributed by atoms with E-state index < -0.39 is 6.29 Å². The van der Waals surface area contributed by atoms with Crippen LogP contribution in [-0.2, 0) is 14.3 Å². The second kappa shape index (κ2) is 5.96. The molecule has 148 valence electrons. The monoisotopic (exact) mass is 362 g/mol. The summed E-state index contributed by atoms with van der Waals surface area (Å²) >= 11 is 0. The van der Waals surface area contributed by atoms with Crippen LogP contribution in [0, 0.1) is 39.9 Å². The lowest BCUT2D eigenvalue weighted by atomic mass is 9.55. The fraction of sp³-hybridized carbons (Fsp3) is 0.957. The maximum Gasteiger partial charge on any atom is 0.314 e. The molecular weight excluding hydrogens is 324 g/mol. The third-order valence-electron chi connectivity index (χ3n) is 7.90. The Morgan fingerprint density at radius 3 is 1.96 bits per heavy atom. The van der Waals surface area contributed by atoms with E-state index in [0.717, 1.165) is 24.7 Å². The Hall–Kier alpha value is -0.570. The van der Waals surface area contributed by atoms with Gasteiger partial charge in [0.25, 0.3) is 0 Å². The zero-order valence-corrected chi connectivity index (χ0v) is 17.6. The van der Waals surface area contributed by atoms with Gasteiger partial charge in [0.15, 0.2) is 6.29 Å². The molecule has 0 aromatic heterocycles. The zero-order valence-electron chi connectivity index (χ0n) is 17.6. The number of hydrogen-bond acceptors (Lipinski definition) is 3. The van der Waals surface area contributed by atoms with Crippen LogP contribution in [0.2, 0.25) is 0 Å². The molecule has 3 heteroatoms. The molecule has 0 heterocycles. The van der Waals surface area contributed by atoms with Gasteiger partial charge in [0.1, 0.15) is 0 Å². The maximum absolute atomic E-state index is 13.1. The van der Waals surface area contributed by atoms with Crippen molar-refractivity contribution in [3.05, 3.63) is 0 Å². The van der Waals surface area contributed by atoms with Crippen molar-refractivity contribution in [2.45, 2.75) is 98.9 Å². The number of ether oxygens (including phenoxy) is 2. The first kappa shape index (κ1) is 18.8. The summed E-state index contributed by atoms with van der Waals surface area (Å²) in [7, 11) is 0. The highest BCUT2D eigenvalue weighted by Crippen LogP contribution is 2.68.